The lowest BCUT2D eigenvalue weighted by Crippen LogP contribution is -2.49. The van der Waals surface area contributed by atoms with Gasteiger partial charge in [-0.15, -0.1) is 5.10 Å². The number of hydrogen-bond acceptors (Lipinski definition) is 6. The zero-order valence-corrected chi connectivity index (χ0v) is 16.6. The molecule has 1 aromatic heterocycles. The summed E-state index contributed by atoms with van der Waals surface area (Å²) in [7, 11) is 3.42. The van der Waals surface area contributed by atoms with Crippen molar-refractivity contribution in [3.05, 3.63) is 53.0 Å². The van der Waals surface area contributed by atoms with Crippen LogP contribution in [0.25, 0.3) is 0 Å². The molecule has 9 heteroatoms. The number of nitrogens with one attached hydrogen (secondary N) is 2. The number of rotatable bonds is 5. The summed E-state index contributed by atoms with van der Waals surface area (Å²) in [6, 6.07) is 10.5. The fraction of sp³-hybridized carbons (Fsp3) is 0.350. The Labute approximate surface area is 169 Å². The number of carbonyl (C=O) groups excluding carboxylic acids is 2. The summed E-state index contributed by atoms with van der Waals surface area (Å²) in [4.78, 5) is 30.0. The van der Waals surface area contributed by atoms with Crippen LogP contribution in [0.1, 0.15) is 15.9 Å². The minimum Gasteiger partial charge on any atom is -0.352 e. The van der Waals surface area contributed by atoms with Gasteiger partial charge in [0.05, 0.1) is 6.42 Å². The minimum atomic E-state index is -0.0598. The average molecular weight is 395 g/mol. The first-order valence-corrected chi connectivity index (χ1v) is 9.37. The quantitative estimate of drug-likeness (QED) is 0.564. The van der Waals surface area contributed by atoms with Crippen molar-refractivity contribution in [2.24, 2.45) is 0 Å². The Morgan fingerprint density at radius 1 is 1.07 bits per heavy atom. The molecule has 1 fully saturated rings. The molecule has 0 aliphatic carbocycles. The molecule has 0 spiro atoms. The van der Waals surface area contributed by atoms with Crippen LogP contribution in [-0.2, 0) is 11.2 Å². The molecule has 152 valence electrons. The molecule has 1 aromatic carbocycles. The van der Waals surface area contributed by atoms with Gasteiger partial charge in [0.15, 0.2) is 0 Å². The molecule has 1 aliphatic rings. The molecule has 2 aromatic rings. The van der Waals surface area contributed by atoms with Crippen LogP contribution in [0.15, 0.2) is 36.4 Å². The largest absolute Gasteiger partial charge is 0.352 e. The number of aromatic nitrogens is 2. The minimum absolute atomic E-state index is 0.0559. The number of piperazine rings is 1. The van der Waals surface area contributed by atoms with E-state index in [-0.39, 0.29) is 17.3 Å². The first-order valence-electron chi connectivity index (χ1n) is 9.37. The Morgan fingerprint density at radius 2 is 1.72 bits per heavy atom. The molecule has 0 saturated carbocycles. The van der Waals surface area contributed by atoms with E-state index in [0.717, 1.165) is 11.9 Å². The van der Waals surface area contributed by atoms with Crippen molar-refractivity contribution in [1.29, 1.82) is 10.8 Å². The number of benzene rings is 1. The predicted molar refractivity (Wildman–Crippen MR) is 109 cm³/mol. The highest BCUT2D eigenvalue weighted by atomic mass is 16.2. The lowest BCUT2D eigenvalue weighted by molar-refractivity contribution is -0.130. The summed E-state index contributed by atoms with van der Waals surface area (Å²) in [6.45, 7) is 2.46. The average Bonchev–Trinajstić information content (AvgIpc) is 2.74. The molecular weight excluding hydrogens is 370 g/mol. The number of anilines is 1. The van der Waals surface area contributed by atoms with Crippen LogP contribution in [0, 0.1) is 10.8 Å². The normalized spacial score (nSPS) is 13.9. The summed E-state index contributed by atoms with van der Waals surface area (Å²) in [5, 5.41) is 19.3. The van der Waals surface area contributed by atoms with Crippen LogP contribution in [0.2, 0.25) is 0 Å². The van der Waals surface area contributed by atoms with E-state index in [2.05, 4.69) is 5.10 Å². The second-order valence-electron chi connectivity index (χ2n) is 7.09. The van der Waals surface area contributed by atoms with Crippen molar-refractivity contribution in [3.63, 3.8) is 0 Å². The number of amides is 2. The number of nitrogens with zero attached hydrogens (tertiary/aromatic N) is 5. The maximum absolute atomic E-state index is 12.6. The van der Waals surface area contributed by atoms with Crippen molar-refractivity contribution < 1.29 is 9.59 Å². The molecule has 29 heavy (non-hydrogen) atoms. The molecule has 0 bridgehead atoms. The van der Waals surface area contributed by atoms with Crippen molar-refractivity contribution in [1.82, 2.24) is 19.6 Å². The van der Waals surface area contributed by atoms with E-state index < -0.39 is 0 Å². The van der Waals surface area contributed by atoms with Crippen LogP contribution < -0.4 is 10.4 Å². The van der Waals surface area contributed by atoms with Gasteiger partial charge in [0.2, 0.25) is 5.91 Å². The van der Waals surface area contributed by atoms with E-state index in [0.29, 0.717) is 44.0 Å². The lowest BCUT2D eigenvalue weighted by atomic mass is 10.1. The maximum atomic E-state index is 12.6. The first kappa shape index (κ1) is 20.2. The van der Waals surface area contributed by atoms with Crippen LogP contribution in [0.3, 0.4) is 0 Å². The molecule has 2 heterocycles. The van der Waals surface area contributed by atoms with Crippen molar-refractivity contribution in [2.75, 3.05) is 45.2 Å². The van der Waals surface area contributed by atoms with Gasteiger partial charge < -0.3 is 14.7 Å². The smallest absolute Gasteiger partial charge is 0.253 e. The monoisotopic (exact) mass is 395 g/mol. The van der Waals surface area contributed by atoms with Crippen molar-refractivity contribution in [3.8, 4) is 0 Å². The first-order chi connectivity index (χ1) is 13.9. The molecule has 2 N–H and O–H groups in total. The molecule has 1 aliphatic heterocycles. The van der Waals surface area contributed by atoms with Gasteiger partial charge in [0.25, 0.3) is 5.91 Å². The standard InChI is InChI=1S/C20H25N7O2/c1-24(2)20(29)16-5-3-15(4-6-16)13-19(28)26-11-9-25(10-12-26)18-8-7-17(22)27(14-21)23-18/h3-8,14,21-22H,9-13H2,1-2H3. The van der Waals surface area contributed by atoms with E-state index in [1.54, 1.807) is 38.4 Å². The van der Waals surface area contributed by atoms with E-state index >= 15 is 0 Å². The van der Waals surface area contributed by atoms with Crippen LogP contribution >= 0.6 is 0 Å². The molecular formula is C20H25N7O2. The van der Waals surface area contributed by atoms with Crippen molar-refractivity contribution in [2.45, 2.75) is 6.42 Å². The SMILES string of the molecule is CN(C)C(=O)c1ccc(CC(=O)N2CCN(c3ccc(=N)n(C=N)n3)CC2)cc1. The lowest BCUT2D eigenvalue weighted by Gasteiger charge is -2.35. The maximum Gasteiger partial charge on any atom is 0.253 e. The third kappa shape index (κ3) is 4.68. The van der Waals surface area contributed by atoms with Crippen LogP contribution in [0.4, 0.5) is 5.82 Å². The fourth-order valence-corrected chi connectivity index (χ4v) is 3.19. The van der Waals surface area contributed by atoms with Gasteiger partial charge in [-0.2, -0.15) is 0 Å². The second-order valence-corrected chi connectivity index (χ2v) is 7.09. The van der Waals surface area contributed by atoms with E-state index in [4.69, 9.17) is 10.8 Å². The van der Waals surface area contributed by atoms with Crippen LogP contribution in [0.5, 0.6) is 0 Å². The molecule has 2 amide bonds. The van der Waals surface area contributed by atoms with Gasteiger partial charge in [-0.3, -0.25) is 20.4 Å². The molecule has 0 unspecified atom stereocenters. The van der Waals surface area contributed by atoms with Gasteiger partial charge >= 0.3 is 0 Å². The Balaban J connectivity index is 1.57. The Hall–Kier alpha value is -3.49. The Kier molecular flexibility index (Phi) is 6.06. The Bertz CT molecular complexity index is 958. The highest BCUT2D eigenvalue weighted by Gasteiger charge is 2.22. The van der Waals surface area contributed by atoms with Crippen LogP contribution in [-0.4, -0.2) is 78.0 Å². The van der Waals surface area contributed by atoms with Gasteiger partial charge in [0, 0.05) is 45.8 Å². The van der Waals surface area contributed by atoms with Gasteiger partial charge in [-0.1, -0.05) is 12.1 Å². The highest BCUT2D eigenvalue weighted by molar-refractivity contribution is 5.94. The molecule has 3 rings (SSSR count). The second kappa shape index (κ2) is 8.68. The van der Waals surface area contributed by atoms with Gasteiger partial charge in [0.1, 0.15) is 17.6 Å². The van der Waals surface area contributed by atoms with Crippen molar-refractivity contribution >= 4 is 24.0 Å². The summed E-state index contributed by atoms with van der Waals surface area (Å²) >= 11 is 0. The zero-order chi connectivity index (χ0) is 21.0. The summed E-state index contributed by atoms with van der Waals surface area (Å²) in [6.07, 6.45) is 1.30. The van der Waals surface area contributed by atoms with E-state index in [1.165, 1.54) is 9.58 Å². The zero-order valence-electron chi connectivity index (χ0n) is 16.6. The third-order valence-electron chi connectivity index (χ3n) is 4.89. The summed E-state index contributed by atoms with van der Waals surface area (Å²) in [5.74, 6) is 0.688. The molecule has 0 radical (unpaired) electrons. The predicted octanol–water partition coefficient (Wildman–Crippen LogP) is 0.411. The summed E-state index contributed by atoms with van der Waals surface area (Å²) < 4.78 is 1.21. The topological polar surface area (TPSA) is 109 Å². The molecule has 1 saturated heterocycles. The Morgan fingerprint density at radius 3 is 2.31 bits per heavy atom. The highest BCUT2D eigenvalue weighted by Crippen LogP contribution is 2.13. The fourth-order valence-electron chi connectivity index (χ4n) is 3.19. The van der Waals surface area contributed by atoms with E-state index in [9.17, 15) is 9.59 Å². The number of hydrogen-bond donors (Lipinski definition) is 2. The molecule has 0 atom stereocenters. The van der Waals surface area contributed by atoms with Gasteiger partial charge in [-0.05, 0) is 29.8 Å². The van der Waals surface area contributed by atoms with E-state index in [1.807, 2.05) is 21.9 Å². The van der Waals surface area contributed by atoms with Gasteiger partial charge in [-0.25, -0.2) is 4.68 Å². The summed E-state index contributed by atoms with van der Waals surface area (Å²) in [5.41, 5.74) is 1.64. The number of carbonyl (C=O) groups is 2. The molecule has 9 nitrogen and oxygen atoms in total. The third-order valence-corrected chi connectivity index (χ3v) is 4.89.